The van der Waals surface area contributed by atoms with Crippen LogP contribution in [0.1, 0.15) is 11.1 Å². The maximum atomic E-state index is 12.7. The van der Waals surface area contributed by atoms with Crippen LogP contribution in [-0.2, 0) is 10.3 Å². The Labute approximate surface area is 89.7 Å². The molecule has 16 heavy (non-hydrogen) atoms. The van der Waals surface area contributed by atoms with E-state index in [1.54, 1.807) is 13.0 Å². The average Bonchev–Trinajstić information content (AvgIpc) is 2.14. The van der Waals surface area contributed by atoms with Crippen LogP contribution < -0.4 is 5.73 Å². The van der Waals surface area contributed by atoms with E-state index in [0.29, 0.717) is 5.56 Å². The van der Waals surface area contributed by atoms with Crippen LogP contribution in [0.25, 0.3) is 0 Å². The SMILES string of the molecule is Cc1cccc([C@](N)(C(=O)O)C(F)(F)F)c1. The molecule has 0 amide bonds. The molecule has 0 aliphatic carbocycles. The molecule has 1 rings (SSSR count). The summed E-state index contributed by atoms with van der Waals surface area (Å²) in [5.41, 5.74) is 1.65. The summed E-state index contributed by atoms with van der Waals surface area (Å²) < 4.78 is 38.0. The maximum absolute atomic E-state index is 12.7. The highest BCUT2D eigenvalue weighted by atomic mass is 19.4. The Kier molecular flexibility index (Phi) is 2.96. The first kappa shape index (κ1) is 12.5. The zero-order valence-electron chi connectivity index (χ0n) is 8.38. The Morgan fingerprint density at radius 2 is 1.94 bits per heavy atom. The summed E-state index contributed by atoms with van der Waals surface area (Å²) in [6.45, 7) is 1.56. The quantitative estimate of drug-likeness (QED) is 0.818. The van der Waals surface area contributed by atoms with Gasteiger partial charge in [-0.25, -0.2) is 4.79 Å². The second-order valence-corrected chi connectivity index (χ2v) is 3.48. The molecule has 0 fully saturated rings. The Morgan fingerprint density at radius 3 is 2.31 bits per heavy atom. The topological polar surface area (TPSA) is 63.3 Å². The van der Waals surface area contributed by atoms with Crippen LogP contribution in [0.3, 0.4) is 0 Å². The fourth-order valence-corrected chi connectivity index (χ4v) is 1.30. The molecule has 0 bridgehead atoms. The minimum atomic E-state index is -5.05. The van der Waals surface area contributed by atoms with Gasteiger partial charge in [0.1, 0.15) is 0 Å². The normalized spacial score (nSPS) is 15.6. The lowest BCUT2D eigenvalue weighted by atomic mass is 9.89. The predicted molar refractivity (Wildman–Crippen MR) is 50.7 cm³/mol. The lowest BCUT2D eigenvalue weighted by molar-refractivity contribution is -0.204. The molecule has 0 aromatic heterocycles. The molecule has 0 aliphatic rings. The number of carboxylic acid groups (broad SMARTS) is 1. The first-order chi connectivity index (χ1) is 7.19. The fourth-order valence-electron chi connectivity index (χ4n) is 1.30. The maximum Gasteiger partial charge on any atom is 0.421 e. The number of hydrogen-bond donors (Lipinski definition) is 2. The van der Waals surface area contributed by atoms with Crippen LogP contribution in [0.15, 0.2) is 24.3 Å². The average molecular weight is 233 g/mol. The molecule has 0 radical (unpaired) electrons. The van der Waals surface area contributed by atoms with Gasteiger partial charge in [0.15, 0.2) is 0 Å². The van der Waals surface area contributed by atoms with Crippen molar-refractivity contribution in [3.8, 4) is 0 Å². The summed E-state index contributed by atoms with van der Waals surface area (Å²) in [5.74, 6) is -2.12. The molecule has 3 nitrogen and oxygen atoms in total. The Hall–Kier alpha value is -1.56. The molecule has 0 aliphatic heterocycles. The summed E-state index contributed by atoms with van der Waals surface area (Å²) in [6, 6.07) is 5.05. The van der Waals surface area contributed by atoms with Gasteiger partial charge in [0.05, 0.1) is 0 Å². The van der Waals surface area contributed by atoms with Crippen LogP contribution in [0, 0.1) is 6.92 Å². The number of halogens is 3. The van der Waals surface area contributed by atoms with Crippen molar-refractivity contribution >= 4 is 5.97 Å². The number of rotatable bonds is 2. The molecule has 0 heterocycles. The third-order valence-electron chi connectivity index (χ3n) is 2.26. The number of aryl methyl sites for hydroxylation is 1. The number of aliphatic carboxylic acids is 1. The molecule has 6 heteroatoms. The summed E-state index contributed by atoms with van der Waals surface area (Å²) in [5, 5.41) is 8.67. The van der Waals surface area contributed by atoms with E-state index in [1.165, 1.54) is 6.07 Å². The van der Waals surface area contributed by atoms with Gasteiger partial charge in [-0.3, -0.25) is 0 Å². The van der Waals surface area contributed by atoms with Crippen molar-refractivity contribution in [2.75, 3.05) is 0 Å². The second-order valence-electron chi connectivity index (χ2n) is 3.48. The van der Waals surface area contributed by atoms with E-state index < -0.39 is 23.2 Å². The zero-order valence-corrected chi connectivity index (χ0v) is 8.38. The van der Waals surface area contributed by atoms with Crippen molar-refractivity contribution in [2.24, 2.45) is 5.73 Å². The molecule has 1 aromatic carbocycles. The van der Waals surface area contributed by atoms with Gasteiger partial charge in [0, 0.05) is 0 Å². The summed E-state index contributed by atoms with van der Waals surface area (Å²) >= 11 is 0. The monoisotopic (exact) mass is 233 g/mol. The largest absolute Gasteiger partial charge is 0.479 e. The van der Waals surface area contributed by atoms with Crippen LogP contribution in [0.5, 0.6) is 0 Å². The van der Waals surface area contributed by atoms with Gasteiger partial charge in [-0.1, -0.05) is 29.8 Å². The number of benzene rings is 1. The van der Waals surface area contributed by atoms with Crippen molar-refractivity contribution in [1.82, 2.24) is 0 Å². The standard InChI is InChI=1S/C10H10F3NO2/c1-6-3-2-4-7(5-6)9(14,8(15)16)10(11,12)13/h2-5H,14H2,1H3,(H,15,16)/t9-/m0/s1. The first-order valence-corrected chi connectivity index (χ1v) is 4.35. The minimum absolute atomic E-state index is 0.479. The van der Waals surface area contributed by atoms with Crippen molar-refractivity contribution < 1.29 is 23.1 Å². The van der Waals surface area contributed by atoms with Gasteiger partial charge in [-0.2, -0.15) is 13.2 Å². The van der Waals surface area contributed by atoms with E-state index in [1.807, 2.05) is 0 Å². The number of nitrogens with two attached hydrogens (primary N) is 1. The zero-order chi connectivity index (χ0) is 12.6. The third-order valence-corrected chi connectivity index (χ3v) is 2.26. The number of carboxylic acids is 1. The molecule has 3 N–H and O–H groups in total. The van der Waals surface area contributed by atoms with Crippen molar-refractivity contribution in [3.63, 3.8) is 0 Å². The van der Waals surface area contributed by atoms with Crippen molar-refractivity contribution in [1.29, 1.82) is 0 Å². The highest BCUT2D eigenvalue weighted by molar-refractivity contribution is 5.81. The first-order valence-electron chi connectivity index (χ1n) is 4.35. The smallest absolute Gasteiger partial charge is 0.421 e. The molecule has 0 saturated carbocycles. The molecular formula is C10H10F3NO2. The third kappa shape index (κ3) is 1.88. The molecule has 1 aromatic rings. The number of alkyl halides is 3. The van der Waals surface area contributed by atoms with Gasteiger partial charge >= 0.3 is 12.1 Å². The van der Waals surface area contributed by atoms with Crippen molar-refractivity contribution in [2.45, 2.75) is 18.6 Å². The predicted octanol–water partition coefficient (Wildman–Crippen LogP) is 1.80. The lowest BCUT2D eigenvalue weighted by Crippen LogP contribution is -2.56. The Balaban J connectivity index is 3.39. The second kappa shape index (κ2) is 3.79. The highest BCUT2D eigenvalue weighted by Crippen LogP contribution is 2.37. The van der Waals surface area contributed by atoms with E-state index in [-0.39, 0.29) is 0 Å². The molecular weight excluding hydrogens is 223 g/mol. The number of hydrogen-bond acceptors (Lipinski definition) is 2. The molecule has 0 saturated heterocycles. The van der Waals surface area contributed by atoms with E-state index in [2.05, 4.69) is 0 Å². The van der Waals surface area contributed by atoms with Gasteiger partial charge < -0.3 is 10.8 Å². The van der Waals surface area contributed by atoms with Gasteiger partial charge in [-0.05, 0) is 12.5 Å². The van der Waals surface area contributed by atoms with E-state index in [4.69, 9.17) is 10.8 Å². The van der Waals surface area contributed by atoms with E-state index >= 15 is 0 Å². The van der Waals surface area contributed by atoms with Crippen LogP contribution in [0.4, 0.5) is 13.2 Å². The van der Waals surface area contributed by atoms with E-state index in [0.717, 1.165) is 12.1 Å². The van der Waals surface area contributed by atoms with Gasteiger partial charge in [-0.15, -0.1) is 0 Å². The van der Waals surface area contributed by atoms with E-state index in [9.17, 15) is 18.0 Å². The van der Waals surface area contributed by atoms with Crippen molar-refractivity contribution in [3.05, 3.63) is 35.4 Å². The van der Waals surface area contributed by atoms with Gasteiger partial charge in [0.2, 0.25) is 5.54 Å². The fraction of sp³-hybridized carbons (Fsp3) is 0.300. The highest BCUT2D eigenvalue weighted by Gasteiger charge is 2.59. The Morgan fingerprint density at radius 1 is 1.38 bits per heavy atom. The molecule has 1 atom stereocenters. The minimum Gasteiger partial charge on any atom is -0.479 e. The summed E-state index contributed by atoms with van der Waals surface area (Å²) in [7, 11) is 0. The molecule has 88 valence electrons. The Bertz CT molecular complexity index is 417. The number of carbonyl (C=O) groups is 1. The summed E-state index contributed by atoms with van der Waals surface area (Å²) in [4.78, 5) is 10.7. The van der Waals surface area contributed by atoms with Gasteiger partial charge in [0.25, 0.3) is 0 Å². The summed E-state index contributed by atoms with van der Waals surface area (Å²) in [6.07, 6.45) is -5.05. The molecule has 0 spiro atoms. The lowest BCUT2D eigenvalue weighted by Gasteiger charge is -2.27. The van der Waals surface area contributed by atoms with Crippen LogP contribution >= 0.6 is 0 Å². The molecule has 0 unspecified atom stereocenters. The van der Waals surface area contributed by atoms with Crippen LogP contribution in [0.2, 0.25) is 0 Å². The van der Waals surface area contributed by atoms with Crippen LogP contribution in [-0.4, -0.2) is 17.3 Å².